The molecule has 18 heavy (non-hydrogen) atoms. The molecule has 0 radical (unpaired) electrons. The van der Waals surface area contributed by atoms with Gasteiger partial charge in [-0.1, -0.05) is 43.5 Å². The van der Waals surface area contributed by atoms with Crippen LogP contribution in [0.1, 0.15) is 31.4 Å². The van der Waals surface area contributed by atoms with E-state index < -0.39 is 11.5 Å². The second-order valence-electron chi connectivity index (χ2n) is 4.43. The predicted octanol–water partition coefficient (Wildman–Crippen LogP) is 2.16. The molecule has 0 fully saturated rings. The number of hydrogen-bond donors (Lipinski definition) is 2. The molecule has 0 aliphatic carbocycles. The van der Waals surface area contributed by atoms with Crippen molar-refractivity contribution in [1.29, 1.82) is 0 Å². The standard InChI is InChI=1S/C15H19NO2/c1-4-6-12-7-9-13(10-8-12)15(3,14(17)18)16-11-5-2/h2,7-10,16H,4,6,11H2,1,3H3,(H,17,18). The van der Waals surface area contributed by atoms with E-state index in [0.29, 0.717) is 5.56 Å². The van der Waals surface area contributed by atoms with Crippen LogP contribution in [0.3, 0.4) is 0 Å². The van der Waals surface area contributed by atoms with Gasteiger partial charge in [0.05, 0.1) is 6.54 Å². The Morgan fingerprint density at radius 1 is 1.44 bits per heavy atom. The fourth-order valence-corrected chi connectivity index (χ4v) is 1.82. The molecular formula is C15H19NO2. The first kappa shape index (κ1) is 14.3. The molecule has 2 N–H and O–H groups in total. The highest BCUT2D eigenvalue weighted by molar-refractivity contribution is 5.80. The van der Waals surface area contributed by atoms with E-state index in [1.807, 2.05) is 24.3 Å². The van der Waals surface area contributed by atoms with Gasteiger partial charge in [0.25, 0.3) is 0 Å². The molecule has 0 bridgehead atoms. The topological polar surface area (TPSA) is 49.3 Å². The minimum Gasteiger partial charge on any atom is -0.480 e. The molecule has 1 aromatic rings. The molecule has 1 rings (SSSR count). The minimum absolute atomic E-state index is 0.222. The zero-order chi connectivity index (χ0) is 13.6. The summed E-state index contributed by atoms with van der Waals surface area (Å²) >= 11 is 0. The SMILES string of the molecule is C#CCNC(C)(C(=O)O)c1ccc(CCC)cc1. The smallest absolute Gasteiger partial charge is 0.328 e. The zero-order valence-corrected chi connectivity index (χ0v) is 10.9. The molecule has 1 atom stereocenters. The Balaban J connectivity index is 2.99. The molecule has 0 spiro atoms. The van der Waals surface area contributed by atoms with Crippen LogP contribution in [0.2, 0.25) is 0 Å². The summed E-state index contributed by atoms with van der Waals surface area (Å²) in [5.41, 5.74) is 0.785. The summed E-state index contributed by atoms with van der Waals surface area (Å²) in [5, 5.41) is 12.2. The van der Waals surface area contributed by atoms with Crippen LogP contribution in [0.5, 0.6) is 0 Å². The Labute approximate surface area is 108 Å². The van der Waals surface area contributed by atoms with Crippen molar-refractivity contribution < 1.29 is 9.90 Å². The summed E-state index contributed by atoms with van der Waals surface area (Å²) in [6, 6.07) is 7.64. The molecule has 3 nitrogen and oxygen atoms in total. The van der Waals surface area contributed by atoms with Crippen molar-refractivity contribution in [1.82, 2.24) is 5.32 Å². The molecule has 0 aliphatic heterocycles. The average Bonchev–Trinajstić information content (AvgIpc) is 2.37. The maximum atomic E-state index is 11.4. The van der Waals surface area contributed by atoms with E-state index >= 15 is 0 Å². The van der Waals surface area contributed by atoms with Gasteiger partial charge in [-0.2, -0.15) is 0 Å². The van der Waals surface area contributed by atoms with Crippen LogP contribution in [-0.2, 0) is 16.8 Å². The molecule has 3 heteroatoms. The average molecular weight is 245 g/mol. The number of terminal acetylenes is 1. The normalized spacial score (nSPS) is 13.6. The van der Waals surface area contributed by atoms with E-state index in [0.717, 1.165) is 12.8 Å². The summed E-state index contributed by atoms with van der Waals surface area (Å²) in [6.45, 7) is 3.96. The second kappa shape index (κ2) is 6.23. The lowest BCUT2D eigenvalue weighted by Crippen LogP contribution is -2.46. The largest absolute Gasteiger partial charge is 0.480 e. The van der Waals surface area contributed by atoms with E-state index in [-0.39, 0.29) is 6.54 Å². The number of aliphatic carboxylic acids is 1. The predicted molar refractivity (Wildman–Crippen MR) is 72.3 cm³/mol. The first-order valence-corrected chi connectivity index (χ1v) is 6.06. The summed E-state index contributed by atoms with van der Waals surface area (Å²) in [7, 11) is 0. The summed E-state index contributed by atoms with van der Waals surface area (Å²) in [4.78, 5) is 11.4. The van der Waals surface area contributed by atoms with Gasteiger partial charge in [-0.05, 0) is 24.5 Å². The van der Waals surface area contributed by atoms with Crippen LogP contribution >= 0.6 is 0 Å². The molecule has 96 valence electrons. The number of nitrogens with one attached hydrogen (secondary N) is 1. The van der Waals surface area contributed by atoms with E-state index in [4.69, 9.17) is 6.42 Å². The Kier molecular flexibility index (Phi) is 4.94. The van der Waals surface area contributed by atoms with Crippen LogP contribution in [0.25, 0.3) is 0 Å². The molecule has 0 amide bonds. The van der Waals surface area contributed by atoms with E-state index in [1.54, 1.807) is 6.92 Å². The third-order valence-electron chi connectivity index (χ3n) is 3.04. The molecule has 0 saturated carbocycles. The van der Waals surface area contributed by atoms with Crippen molar-refractivity contribution in [3.8, 4) is 12.3 Å². The molecule has 0 aromatic heterocycles. The molecular weight excluding hydrogens is 226 g/mol. The summed E-state index contributed by atoms with van der Waals surface area (Å²) in [5.74, 6) is 1.48. The fraction of sp³-hybridized carbons (Fsp3) is 0.400. The Morgan fingerprint density at radius 2 is 2.06 bits per heavy atom. The van der Waals surface area contributed by atoms with Gasteiger partial charge < -0.3 is 5.11 Å². The van der Waals surface area contributed by atoms with E-state index in [9.17, 15) is 9.90 Å². The van der Waals surface area contributed by atoms with Crippen LogP contribution < -0.4 is 5.32 Å². The van der Waals surface area contributed by atoms with Crippen molar-refractivity contribution in [3.63, 3.8) is 0 Å². The number of hydrogen-bond acceptors (Lipinski definition) is 2. The van der Waals surface area contributed by atoms with Crippen molar-refractivity contribution >= 4 is 5.97 Å². The van der Waals surface area contributed by atoms with Gasteiger partial charge in [0.2, 0.25) is 0 Å². The Morgan fingerprint density at radius 3 is 2.50 bits per heavy atom. The van der Waals surface area contributed by atoms with E-state index in [2.05, 4.69) is 18.2 Å². The van der Waals surface area contributed by atoms with Gasteiger partial charge in [-0.25, -0.2) is 4.79 Å². The maximum absolute atomic E-state index is 11.4. The maximum Gasteiger partial charge on any atom is 0.328 e. The molecule has 1 aromatic carbocycles. The summed E-state index contributed by atoms with van der Waals surface area (Å²) < 4.78 is 0. The summed E-state index contributed by atoms with van der Waals surface area (Å²) in [6.07, 6.45) is 7.25. The van der Waals surface area contributed by atoms with Crippen LogP contribution in [0.4, 0.5) is 0 Å². The fourth-order valence-electron chi connectivity index (χ4n) is 1.82. The number of aryl methyl sites for hydroxylation is 1. The number of carbonyl (C=O) groups is 1. The molecule has 1 unspecified atom stereocenters. The molecule has 0 heterocycles. The van der Waals surface area contributed by atoms with Gasteiger partial charge in [0.15, 0.2) is 0 Å². The lowest BCUT2D eigenvalue weighted by molar-refractivity contribution is -0.144. The third-order valence-corrected chi connectivity index (χ3v) is 3.04. The molecule has 0 aliphatic rings. The van der Waals surface area contributed by atoms with Crippen LogP contribution in [0.15, 0.2) is 24.3 Å². The number of benzene rings is 1. The van der Waals surface area contributed by atoms with Gasteiger partial charge in [-0.15, -0.1) is 6.42 Å². The van der Waals surface area contributed by atoms with E-state index in [1.165, 1.54) is 5.56 Å². The quantitative estimate of drug-likeness (QED) is 0.755. The van der Waals surface area contributed by atoms with Gasteiger partial charge in [-0.3, -0.25) is 5.32 Å². The Bertz CT molecular complexity index is 445. The van der Waals surface area contributed by atoms with Crippen molar-refractivity contribution in [3.05, 3.63) is 35.4 Å². The number of carboxylic acid groups (broad SMARTS) is 1. The highest BCUT2D eigenvalue weighted by atomic mass is 16.4. The highest BCUT2D eigenvalue weighted by Gasteiger charge is 2.34. The third kappa shape index (κ3) is 3.12. The first-order chi connectivity index (χ1) is 8.54. The number of rotatable bonds is 6. The molecule has 0 saturated heterocycles. The minimum atomic E-state index is -1.14. The van der Waals surface area contributed by atoms with Gasteiger partial charge >= 0.3 is 5.97 Å². The van der Waals surface area contributed by atoms with Crippen LogP contribution in [0, 0.1) is 12.3 Å². The van der Waals surface area contributed by atoms with Crippen molar-refractivity contribution in [2.45, 2.75) is 32.2 Å². The van der Waals surface area contributed by atoms with Crippen LogP contribution in [-0.4, -0.2) is 17.6 Å². The highest BCUT2D eigenvalue weighted by Crippen LogP contribution is 2.21. The number of carboxylic acids is 1. The van der Waals surface area contributed by atoms with Crippen molar-refractivity contribution in [2.75, 3.05) is 6.54 Å². The van der Waals surface area contributed by atoms with Crippen molar-refractivity contribution in [2.24, 2.45) is 0 Å². The first-order valence-electron chi connectivity index (χ1n) is 6.06. The van der Waals surface area contributed by atoms with Gasteiger partial charge in [0, 0.05) is 0 Å². The second-order valence-corrected chi connectivity index (χ2v) is 4.43. The zero-order valence-electron chi connectivity index (χ0n) is 10.9. The lowest BCUT2D eigenvalue weighted by atomic mass is 9.91. The monoisotopic (exact) mass is 245 g/mol. The van der Waals surface area contributed by atoms with Gasteiger partial charge in [0.1, 0.15) is 5.54 Å². The Hall–Kier alpha value is -1.79. The lowest BCUT2D eigenvalue weighted by Gasteiger charge is -2.26.